The second-order valence-electron chi connectivity index (χ2n) is 5.29. The summed E-state index contributed by atoms with van der Waals surface area (Å²) in [6, 6.07) is 13.9. The average molecular weight is 312 g/mol. The SMILES string of the molecule is C=C(CCc1cccc(O)c1)C(=O)OCCc1ccccc1O. The zero-order chi connectivity index (χ0) is 16.7. The van der Waals surface area contributed by atoms with Crippen LogP contribution in [0.25, 0.3) is 0 Å². The summed E-state index contributed by atoms with van der Waals surface area (Å²) in [6.45, 7) is 3.94. The number of phenols is 2. The number of ether oxygens (including phenoxy) is 1. The third-order valence-electron chi connectivity index (χ3n) is 3.51. The van der Waals surface area contributed by atoms with Crippen molar-refractivity contribution in [3.8, 4) is 11.5 Å². The zero-order valence-electron chi connectivity index (χ0n) is 12.9. The summed E-state index contributed by atoms with van der Waals surface area (Å²) in [7, 11) is 0. The number of aryl methyl sites for hydroxylation is 1. The minimum atomic E-state index is -0.430. The molecule has 0 aliphatic carbocycles. The molecule has 0 unspecified atom stereocenters. The van der Waals surface area contributed by atoms with Crippen molar-refractivity contribution in [1.29, 1.82) is 0 Å². The first-order valence-corrected chi connectivity index (χ1v) is 7.46. The maximum absolute atomic E-state index is 11.9. The average Bonchev–Trinajstić information content (AvgIpc) is 2.54. The quantitative estimate of drug-likeness (QED) is 0.607. The van der Waals surface area contributed by atoms with Gasteiger partial charge in [0.2, 0.25) is 0 Å². The van der Waals surface area contributed by atoms with Gasteiger partial charge in [-0.05, 0) is 42.2 Å². The van der Waals surface area contributed by atoms with E-state index in [-0.39, 0.29) is 18.1 Å². The summed E-state index contributed by atoms with van der Waals surface area (Å²) in [4.78, 5) is 11.9. The van der Waals surface area contributed by atoms with E-state index in [0.29, 0.717) is 24.8 Å². The lowest BCUT2D eigenvalue weighted by atomic mass is 10.1. The predicted octanol–water partition coefficient (Wildman–Crippen LogP) is 3.37. The first-order valence-electron chi connectivity index (χ1n) is 7.46. The molecule has 0 aromatic heterocycles. The Morgan fingerprint density at radius 1 is 1.04 bits per heavy atom. The van der Waals surface area contributed by atoms with Crippen molar-refractivity contribution in [3.05, 3.63) is 71.8 Å². The van der Waals surface area contributed by atoms with Gasteiger partial charge in [-0.3, -0.25) is 0 Å². The van der Waals surface area contributed by atoms with E-state index in [0.717, 1.165) is 11.1 Å². The summed E-state index contributed by atoms with van der Waals surface area (Å²) in [5.74, 6) is -0.0230. The van der Waals surface area contributed by atoms with E-state index in [9.17, 15) is 15.0 Å². The fraction of sp³-hybridized carbons (Fsp3) is 0.211. The smallest absolute Gasteiger partial charge is 0.333 e. The lowest BCUT2D eigenvalue weighted by molar-refractivity contribution is -0.139. The number of benzene rings is 2. The number of carbonyl (C=O) groups excluding carboxylic acids is 1. The van der Waals surface area contributed by atoms with Crippen LogP contribution in [-0.4, -0.2) is 22.8 Å². The molecular formula is C19H20O4. The van der Waals surface area contributed by atoms with Crippen molar-refractivity contribution in [2.45, 2.75) is 19.3 Å². The molecule has 0 atom stereocenters. The van der Waals surface area contributed by atoms with Crippen molar-refractivity contribution in [2.75, 3.05) is 6.61 Å². The van der Waals surface area contributed by atoms with Crippen LogP contribution in [0.3, 0.4) is 0 Å². The van der Waals surface area contributed by atoms with Gasteiger partial charge in [-0.25, -0.2) is 4.79 Å². The number of hydrogen-bond acceptors (Lipinski definition) is 4. The van der Waals surface area contributed by atoms with Gasteiger partial charge in [0.1, 0.15) is 11.5 Å². The van der Waals surface area contributed by atoms with Gasteiger partial charge in [0.25, 0.3) is 0 Å². The van der Waals surface area contributed by atoms with E-state index >= 15 is 0 Å². The Bertz CT molecular complexity index is 691. The van der Waals surface area contributed by atoms with E-state index in [1.807, 2.05) is 12.1 Å². The molecule has 4 heteroatoms. The zero-order valence-corrected chi connectivity index (χ0v) is 12.9. The van der Waals surface area contributed by atoms with E-state index in [1.54, 1.807) is 36.4 Å². The Kier molecular flexibility index (Phi) is 5.80. The van der Waals surface area contributed by atoms with Crippen LogP contribution in [0.5, 0.6) is 11.5 Å². The van der Waals surface area contributed by atoms with Gasteiger partial charge < -0.3 is 14.9 Å². The van der Waals surface area contributed by atoms with Gasteiger partial charge in [0.05, 0.1) is 6.61 Å². The van der Waals surface area contributed by atoms with Gasteiger partial charge in [-0.2, -0.15) is 0 Å². The number of esters is 1. The maximum Gasteiger partial charge on any atom is 0.333 e. The van der Waals surface area contributed by atoms with Crippen LogP contribution < -0.4 is 0 Å². The number of para-hydroxylation sites is 1. The Balaban J connectivity index is 1.75. The van der Waals surface area contributed by atoms with Crippen LogP contribution in [0.2, 0.25) is 0 Å². The molecule has 0 saturated heterocycles. The number of hydrogen-bond donors (Lipinski definition) is 2. The molecule has 0 aliphatic rings. The lowest BCUT2D eigenvalue weighted by Gasteiger charge is -2.08. The normalized spacial score (nSPS) is 10.3. The first-order chi connectivity index (χ1) is 11.1. The number of carbonyl (C=O) groups is 1. The summed E-state index contributed by atoms with van der Waals surface area (Å²) in [5, 5.41) is 19.0. The van der Waals surface area contributed by atoms with E-state index in [2.05, 4.69) is 6.58 Å². The van der Waals surface area contributed by atoms with Crippen LogP contribution in [0, 0.1) is 0 Å². The Labute approximate surface area is 135 Å². The van der Waals surface area contributed by atoms with Crippen molar-refractivity contribution < 1.29 is 19.7 Å². The molecule has 23 heavy (non-hydrogen) atoms. The molecule has 0 heterocycles. The molecule has 4 nitrogen and oxygen atoms in total. The first kappa shape index (κ1) is 16.6. The summed E-state index contributed by atoms with van der Waals surface area (Å²) in [5.41, 5.74) is 2.07. The van der Waals surface area contributed by atoms with E-state index in [1.165, 1.54) is 0 Å². The number of rotatable bonds is 7. The molecular weight excluding hydrogens is 292 g/mol. The van der Waals surface area contributed by atoms with Crippen molar-refractivity contribution >= 4 is 5.97 Å². The van der Waals surface area contributed by atoms with Crippen molar-refractivity contribution in [3.63, 3.8) is 0 Å². The van der Waals surface area contributed by atoms with E-state index in [4.69, 9.17) is 4.74 Å². The number of aromatic hydroxyl groups is 2. The molecule has 0 bridgehead atoms. The second-order valence-corrected chi connectivity index (χ2v) is 5.29. The minimum absolute atomic E-state index is 0.196. The minimum Gasteiger partial charge on any atom is -0.508 e. The van der Waals surface area contributed by atoms with Crippen LogP contribution >= 0.6 is 0 Å². The highest BCUT2D eigenvalue weighted by atomic mass is 16.5. The summed E-state index contributed by atoms with van der Waals surface area (Å²) >= 11 is 0. The predicted molar refractivity (Wildman–Crippen MR) is 88.3 cm³/mol. The van der Waals surface area contributed by atoms with Crippen LogP contribution in [-0.2, 0) is 22.4 Å². The molecule has 2 rings (SSSR count). The molecule has 120 valence electrons. The van der Waals surface area contributed by atoms with Crippen LogP contribution in [0.15, 0.2) is 60.7 Å². The third kappa shape index (κ3) is 5.18. The topological polar surface area (TPSA) is 66.8 Å². The van der Waals surface area contributed by atoms with Gasteiger partial charge in [0.15, 0.2) is 0 Å². The Hall–Kier alpha value is -2.75. The monoisotopic (exact) mass is 312 g/mol. The van der Waals surface area contributed by atoms with Gasteiger partial charge in [-0.15, -0.1) is 0 Å². The number of phenolic OH excluding ortho intramolecular Hbond substituents is 2. The largest absolute Gasteiger partial charge is 0.508 e. The van der Waals surface area contributed by atoms with E-state index < -0.39 is 5.97 Å². The maximum atomic E-state index is 11.9. The highest BCUT2D eigenvalue weighted by Crippen LogP contribution is 2.17. The third-order valence-corrected chi connectivity index (χ3v) is 3.51. The molecule has 2 N–H and O–H groups in total. The Morgan fingerprint density at radius 3 is 2.57 bits per heavy atom. The molecule has 2 aromatic carbocycles. The Morgan fingerprint density at radius 2 is 1.83 bits per heavy atom. The molecule has 0 fully saturated rings. The molecule has 0 saturated carbocycles. The van der Waals surface area contributed by atoms with Gasteiger partial charge in [0, 0.05) is 12.0 Å². The van der Waals surface area contributed by atoms with Crippen molar-refractivity contribution in [2.24, 2.45) is 0 Å². The van der Waals surface area contributed by atoms with Crippen LogP contribution in [0.1, 0.15) is 17.5 Å². The molecule has 0 spiro atoms. The molecule has 0 amide bonds. The standard InChI is InChI=1S/C19H20O4/c1-14(9-10-15-5-4-7-17(20)13-15)19(22)23-12-11-16-6-2-3-8-18(16)21/h2-8,13,20-21H,1,9-12H2. The fourth-order valence-electron chi connectivity index (χ4n) is 2.19. The lowest BCUT2D eigenvalue weighted by Crippen LogP contribution is -2.10. The highest BCUT2D eigenvalue weighted by molar-refractivity contribution is 5.87. The highest BCUT2D eigenvalue weighted by Gasteiger charge is 2.09. The molecule has 0 radical (unpaired) electrons. The fourth-order valence-corrected chi connectivity index (χ4v) is 2.19. The van der Waals surface area contributed by atoms with Crippen molar-refractivity contribution in [1.82, 2.24) is 0 Å². The van der Waals surface area contributed by atoms with Crippen LogP contribution in [0.4, 0.5) is 0 Å². The van der Waals surface area contributed by atoms with Gasteiger partial charge in [-0.1, -0.05) is 36.9 Å². The summed E-state index contributed by atoms with van der Waals surface area (Å²) in [6.07, 6.45) is 1.54. The van der Waals surface area contributed by atoms with Gasteiger partial charge >= 0.3 is 5.97 Å². The second kappa shape index (κ2) is 8.03. The molecule has 0 aliphatic heterocycles. The molecule has 2 aromatic rings. The summed E-state index contributed by atoms with van der Waals surface area (Å²) < 4.78 is 5.18.